The molecule has 0 aliphatic carbocycles. The molecule has 2 saturated heterocycles. The molecule has 4 aliphatic rings. The van der Waals surface area contributed by atoms with Crippen LogP contribution in [0, 0.1) is 0 Å². The summed E-state index contributed by atoms with van der Waals surface area (Å²) >= 11 is 0. The summed E-state index contributed by atoms with van der Waals surface area (Å²) in [6.45, 7) is 11.3. The molecule has 0 saturated carbocycles. The molecule has 2 aromatic rings. The standard InChI is InChI=1S/C30H40N10O10S/c1-29(2,3)47-25(41)31-13-19-7-9-37(33-19)21-11-23-17-35(15-21)27(43)39(23)49-51(45,46)50-40-24-12-22(16-36(18-24)28(40)44)38-10-8-20(34-38)14-32-26(42)48-30(4,5)6/h7-12,23-24H,13-18H2,1-6H3,(H,31,41)(H,32,42). The summed E-state index contributed by atoms with van der Waals surface area (Å²) in [7, 11) is -4.96. The van der Waals surface area contributed by atoms with E-state index in [1.807, 2.05) is 0 Å². The van der Waals surface area contributed by atoms with Gasteiger partial charge in [-0.1, -0.05) is 0 Å². The van der Waals surface area contributed by atoms with Gasteiger partial charge in [0.15, 0.2) is 0 Å². The lowest BCUT2D eigenvalue weighted by Crippen LogP contribution is -2.40. The number of hydrogen-bond donors (Lipinski definition) is 2. The van der Waals surface area contributed by atoms with Crippen LogP contribution in [-0.2, 0) is 41.5 Å². The van der Waals surface area contributed by atoms with E-state index in [1.165, 1.54) is 19.2 Å². The van der Waals surface area contributed by atoms with Crippen molar-refractivity contribution in [3.8, 4) is 0 Å². The number of carbonyl (C=O) groups is 4. The van der Waals surface area contributed by atoms with Gasteiger partial charge in [0.2, 0.25) is 0 Å². The van der Waals surface area contributed by atoms with E-state index in [9.17, 15) is 27.6 Å². The zero-order valence-corrected chi connectivity index (χ0v) is 29.7. The van der Waals surface area contributed by atoms with E-state index in [1.54, 1.807) is 78.2 Å². The van der Waals surface area contributed by atoms with Crippen LogP contribution in [-0.4, -0.2) is 122 Å². The zero-order valence-electron chi connectivity index (χ0n) is 28.9. The molecule has 0 spiro atoms. The minimum Gasteiger partial charge on any atom is -0.444 e. The van der Waals surface area contributed by atoms with Crippen LogP contribution in [0.2, 0.25) is 0 Å². The largest absolute Gasteiger partial charge is 0.444 e. The topological polar surface area (TPSA) is 212 Å². The number of hydrogen-bond acceptors (Lipinski definition) is 12. The first-order valence-electron chi connectivity index (χ1n) is 16.1. The number of amides is 6. The van der Waals surface area contributed by atoms with Gasteiger partial charge < -0.3 is 29.9 Å². The van der Waals surface area contributed by atoms with Crippen molar-refractivity contribution in [2.24, 2.45) is 0 Å². The quantitative estimate of drug-likeness (QED) is 0.359. The van der Waals surface area contributed by atoms with Gasteiger partial charge in [-0.05, 0) is 65.8 Å². The number of alkyl carbamates (subject to hydrolysis) is 2. The molecular weight excluding hydrogens is 692 g/mol. The van der Waals surface area contributed by atoms with Crippen LogP contribution in [0.1, 0.15) is 52.9 Å². The molecule has 2 unspecified atom stereocenters. The van der Waals surface area contributed by atoms with Gasteiger partial charge in [-0.2, -0.15) is 28.7 Å². The summed E-state index contributed by atoms with van der Waals surface area (Å²) in [6, 6.07) is 0.320. The van der Waals surface area contributed by atoms with Crippen LogP contribution < -0.4 is 10.6 Å². The third-order valence-corrected chi connectivity index (χ3v) is 8.34. The molecule has 6 heterocycles. The number of ether oxygens (including phenoxy) is 2. The molecule has 276 valence electrons. The summed E-state index contributed by atoms with van der Waals surface area (Å²) in [5, 5.41) is 15.5. The van der Waals surface area contributed by atoms with Crippen molar-refractivity contribution in [3.63, 3.8) is 0 Å². The van der Waals surface area contributed by atoms with Crippen LogP contribution in [0.5, 0.6) is 0 Å². The van der Waals surface area contributed by atoms with Crippen LogP contribution >= 0.6 is 0 Å². The Labute approximate surface area is 293 Å². The van der Waals surface area contributed by atoms with E-state index in [2.05, 4.69) is 20.8 Å². The molecule has 0 aromatic carbocycles. The lowest BCUT2D eigenvalue weighted by molar-refractivity contribution is -0.0723. The van der Waals surface area contributed by atoms with Gasteiger partial charge in [0, 0.05) is 25.5 Å². The van der Waals surface area contributed by atoms with E-state index in [4.69, 9.17) is 18.0 Å². The van der Waals surface area contributed by atoms with Gasteiger partial charge in [0.05, 0.1) is 49.0 Å². The second kappa shape index (κ2) is 13.2. The van der Waals surface area contributed by atoms with Gasteiger partial charge in [0.1, 0.15) is 23.3 Å². The van der Waals surface area contributed by atoms with E-state index in [0.717, 1.165) is 0 Å². The molecule has 21 heteroatoms. The van der Waals surface area contributed by atoms with Crippen LogP contribution in [0.15, 0.2) is 36.7 Å². The number of nitrogens with zero attached hydrogens (tertiary/aromatic N) is 8. The van der Waals surface area contributed by atoms with Gasteiger partial charge >= 0.3 is 34.6 Å². The fraction of sp³-hybridized carbons (Fsp3) is 0.533. The average molecular weight is 733 g/mol. The first-order chi connectivity index (χ1) is 23.8. The SMILES string of the molecule is CC(C)(C)OC(=O)NCc1ccn(C2=CC3CN(C2)C(=O)N3OS(=O)(=O)ON2C(=O)N3CC(n4ccc(CNC(=O)OC(C)(C)C)n4)=CC2C3)n1. The minimum atomic E-state index is -4.96. The molecule has 4 bridgehead atoms. The van der Waals surface area contributed by atoms with Gasteiger partial charge in [0.25, 0.3) is 0 Å². The molecule has 2 atom stereocenters. The number of fused-ring (bicyclic) bond motifs is 4. The fourth-order valence-corrected chi connectivity index (χ4v) is 6.40. The third-order valence-electron chi connectivity index (χ3n) is 7.66. The Morgan fingerprint density at radius 3 is 1.51 bits per heavy atom. The molecular formula is C30H40N10O10S. The van der Waals surface area contributed by atoms with E-state index < -0.39 is 57.9 Å². The summed E-state index contributed by atoms with van der Waals surface area (Å²) in [5.74, 6) is 0. The highest BCUT2D eigenvalue weighted by Gasteiger charge is 2.47. The first kappa shape index (κ1) is 35.7. The van der Waals surface area contributed by atoms with E-state index >= 15 is 0 Å². The Kier molecular flexibility index (Phi) is 9.23. The third kappa shape index (κ3) is 8.43. The number of rotatable bonds is 10. The number of nitrogens with one attached hydrogen (secondary N) is 2. The van der Waals surface area contributed by atoms with Crippen molar-refractivity contribution in [2.75, 3.05) is 26.2 Å². The minimum absolute atomic E-state index is 0.104. The zero-order chi connectivity index (χ0) is 36.9. The van der Waals surface area contributed by atoms with E-state index in [-0.39, 0.29) is 39.3 Å². The Balaban J connectivity index is 1.07. The number of aromatic nitrogens is 4. The molecule has 6 amide bonds. The molecule has 2 aromatic heterocycles. The van der Waals surface area contributed by atoms with Crippen molar-refractivity contribution in [3.05, 3.63) is 48.1 Å². The number of carbonyl (C=O) groups excluding carboxylic acids is 4. The van der Waals surface area contributed by atoms with Crippen molar-refractivity contribution < 1.29 is 45.6 Å². The Morgan fingerprint density at radius 1 is 0.745 bits per heavy atom. The Hall–Kier alpha value is -5.15. The lowest BCUT2D eigenvalue weighted by atomic mass is 10.2. The predicted molar refractivity (Wildman–Crippen MR) is 175 cm³/mol. The maximum absolute atomic E-state index is 13.1. The van der Waals surface area contributed by atoms with Crippen molar-refractivity contribution in [1.82, 2.24) is 50.1 Å². The monoisotopic (exact) mass is 732 g/mol. The second-order valence-corrected chi connectivity index (χ2v) is 15.3. The van der Waals surface area contributed by atoms with Crippen LogP contribution in [0.3, 0.4) is 0 Å². The number of urea groups is 2. The average Bonchev–Trinajstić information content (AvgIpc) is 3.79. The Bertz CT molecular complexity index is 1760. The van der Waals surface area contributed by atoms with Crippen LogP contribution in [0.4, 0.5) is 19.2 Å². The van der Waals surface area contributed by atoms with Crippen molar-refractivity contribution in [2.45, 2.75) is 77.9 Å². The smallest absolute Gasteiger partial charge is 0.442 e. The summed E-state index contributed by atoms with van der Waals surface area (Å²) in [4.78, 5) is 53.0. The molecule has 0 radical (unpaired) electrons. The summed E-state index contributed by atoms with van der Waals surface area (Å²) < 4.78 is 50.0. The lowest BCUT2D eigenvalue weighted by Gasteiger charge is -2.22. The van der Waals surface area contributed by atoms with Crippen LogP contribution in [0.25, 0.3) is 11.4 Å². The predicted octanol–water partition coefficient (Wildman–Crippen LogP) is 1.86. The summed E-state index contributed by atoms with van der Waals surface area (Å²) in [6.07, 6.45) is 5.41. The van der Waals surface area contributed by atoms with Gasteiger partial charge in [-0.3, -0.25) is 0 Å². The fourth-order valence-electron chi connectivity index (χ4n) is 5.63. The Morgan fingerprint density at radius 2 is 1.14 bits per heavy atom. The molecule has 2 N–H and O–H groups in total. The molecule has 20 nitrogen and oxygen atoms in total. The van der Waals surface area contributed by atoms with Gasteiger partial charge in [-0.25, -0.2) is 28.5 Å². The summed E-state index contributed by atoms with van der Waals surface area (Å²) in [5.41, 5.74) is 0.903. The molecule has 2 fully saturated rings. The molecule has 4 aliphatic heterocycles. The van der Waals surface area contributed by atoms with Gasteiger partial charge in [-0.15, -0.1) is 8.57 Å². The maximum atomic E-state index is 13.1. The molecule has 6 rings (SSSR count). The molecule has 51 heavy (non-hydrogen) atoms. The highest BCUT2D eigenvalue weighted by Crippen LogP contribution is 2.31. The normalized spacial score (nSPS) is 20.4. The maximum Gasteiger partial charge on any atom is 0.442 e. The first-order valence-corrected chi connectivity index (χ1v) is 17.4. The second-order valence-electron chi connectivity index (χ2n) is 14.2. The van der Waals surface area contributed by atoms with Crippen molar-refractivity contribution in [1.29, 1.82) is 0 Å². The number of hydroxylamine groups is 4. The van der Waals surface area contributed by atoms with Crippen molar-refractivity contribution >= 4 is 46.0 Å². The highest BCUT2D eigenvalue weighted by atomic mass is 32.3. The van der Waals surface area contributed by atoms with E-state index in [0.29, 0.717) is 32.9 Å². The highest BCUT2D eigenvalue weighted by molar-refractivity contribution is 7.81.